The number of halogens is 1. The number of carbonyl (C=O) groups is 1. The van der Waals surface area contributed by atoms with Crippen LogP contribution in [0.4, 0.5) is 5.69 Å². The second-order valence-corrected chi connectivity index (χ2v) is 4.68. The van der Waals surface area contributed by atoms with Gasteiger partial charge >= 0.3 is 5.97 Å². The Kier molecular flexibility index (Phi) is 3.72. The highest BCUT2D eigenvalue weighted by Gasteiger charge is 2.06. The first-order valence-corrected chi connectivity index (χ1v) is 6.17. The zero-order valence-electron chi connectivity index (χ0n) is 9.74. The molecule has 1 heterocycles. The Morgan fingerprint density at radius 1 is 1.39 bits per heavy atom. The van der Waals surface area contributed by atoms with Crippen LogP contribution in [0.25, 0.3) is 0 Å². The fourth-order valence-corrected chi connectivity index (χ4v) is 1.96. The van der Waals surface area contributed by atoms with E-state index < -0.39 is 5.97 Å². The zero-order valence-corrected chi connectivity index (χ0v) is 11.3. The zero-order chi connectivity index (χ0) is 13.1. The Balaban J connectivity index is 2.08. The van der Waals surface area contributed by atoms with Crippen LogP contribution in [0.2, 0.25) is 0 Å². The standard InChI is InChI=1S/C13H12BrNO3/c1-8-6-9(13(16)17)2-4-11(8)15-7-10-3-5-12(14)18-10/h2-6,15H,7H2,1H3,(H,16,17). The third kappa shape index (κ3) is 2.92. The van der Waals surface area contributed by atoms with Gasteiger partial charge in [-0.25, -0.2) is 4.79 Å². The molecule has 0 fully saturated rings. The minimum atomic E-state index is -0.917. The van der Waals surface area contributed by atoms with Crippen LogP contribution in [0, 0.1) is 6.92 Å². The highest BCUT2D eigenvalue weighted by atomic mass is 79.9. The molecule has 4 nitrogen and oxygen atoms in total. The van der Waals surface area contributed by atoms with Crippen LogP contribution in [-0.4, -0.2) is 11.1 Å². The largest absolute Gasteiger partial charge is 0.478 e. The van der Waals surface area contributed by atoms with Crippen LogP contribution in [0.15, 0.2) is 39.4 Å². The second-order valence-electron chi connectivity index (χ2n) is 3.89. The first kappa shape index (κ1) is 12.7. The molecular weight excluding hydrogens is 298 g/mol. The summed E-state index contributed by atoms with van der Waals surface area (Å²) in [6, 6.07) is 8.69. The fourth-order valence-electron chi connectivity index (χ4n) is 1.62. The first-order valence-electron chi connectivity index (χ1n) is 5.38. The number of hydrogen-bond acceptors (Lipinski definition) is 3. The van der Waals surface area contributed by atoms with Gasteiger partial charge in [-0.05, 0) is 58.7 Å². The van der Waals surface area contributed by atoms with E-state index in [4.69, 9.17) is 9.52 Å². The van der Waals surface area contributed by atoms with Crippen molar-refractivity contribution in [2.75, 3.05) is 5.32 Å². The number of carboxylic acids is 1. The van der Waals surface area contributed by atoms with Crippen LogP contribution < -0.4 is 5.32 Å². The monoisotopic (exact) mass is 309 g/mol. The third-order valence-corrected chi connectivity index (χ3v) is 2.98. The third-order valence-electron chi connectivity index (χ3n) is 2.56. The lowest BCUT2D eigenvalue weighted by Crippen LogP contribution is -2.02. The number of aryl methyl sites for hydroxylation is 1. The summed E-state index contributed by atoms with van der Waals surface area (Å²) in [7, 11) is 0. The Labute approximate surface area is 113 Å². The number of furan rings is 1. The molecule has 0 bridgehead atoms. The van der Waals surface area contributed by atoms with E-state index >= 15 is 0 Å². The summed E-state index contributed by atoms with van der Waals surface area (Å²) in [6.07, 6.45) is 0. The van der Waals surface area contributed by atoms with Gasteiger partial charge in [-0.3, -0.25) is 0 Å². The van der Waals surface area contributed by atoms with Gasteiger partial charge in [0.05, 0.1) is 12.1 Å². The topological polar surface area (TPSA) is 62.5 Å². The van der Waals surface area contributed by atoms with E-state index in [1.807, 2.05) is 19.1 Å². The summed E-state index contributed by atoms with van der Waals surface area (Å²) in [5, 5.41) is 12.1. The second kappa shape index (κ2) is 5.27. The maximum atomic E-state index is 10.8. The number of rotatable bonds is 4. The maximum Gasteiger partial charge on any atom is 0.335 e. The molecule has 0 radical (unpaired) electrons. The van der Waals surface area contributed by atoms with Crippen molar-refractivity contribution in [3.8, 4) is 0 Å². The predicted molar refractivity (Wildman–Crippen MR) is 71.9 cm³/mol. The summed E-state index contributed by atoms with van der Waals surface area (Å²) >= 11 is 3.24. The SMILES string of the molecule is Cc1cc(C(=O)O)ccc1NCc1ccc(Br)o1. The van der Waals surface area contributed by atoms with Crippen LogP contribution in [0.1, 0.15) is 21.7 Å². The fraction of sp³-hybridized carbons (Fsp3) is 0.154. The van der Waals surface area contributed by atoms with Gasteiger partial charge in [0.25, 0.3) is 0 Å². The Morgan fingerprint density at radius 2 is 2.17 bits per heavy atom. The number of aromatic carboxylic acids is 1. The van der Waals surface area contributed by atoms with E-state index in [1.165, 1.54) is 0 Å². The first-order chi connectivity index (χ1) is 8.56. The highest BCUT2D eigenvalue weighted by molar-refractivity contribution is 9.10. The lowest BCUT2D eigenvalue weighted by atomic mass is 10.1. The summed E-state index contributed by atoms with van der Waals surface area (Å²) in [6.45, 7) is 2.42. The number of nitrogens with one attached hydrogen (secondary N) is 1. The van der Waals surface area contributed by atoms with Gasteiger partial charge in [-0.1, -0.05) is 0 Å². The van der Waals surface area contributed by atoms with Gasteiger partial charge in [-0.15, -0.1) is 0 Å². The maximum absolute atomic E-state index is 10.8. The number of anilines is 1. The van der Waals surface area contributed by atoms with E-state index in [0.29, 0.717) is 16.8 Å². The van der Waals surface area contributed by atoms with Crippen molar-refractivity contribution in [2.24, 2.45) is 0 Å². The Bertz CT molecular complexity index is 577. The summed E-state index contributed by atoms with van der Waals surface area (Å²) in [4.78, 5) is 10.8. The van der Waals surface area contributed by atoms with Crippen molar-refractivity contribution in [3.63, 3.8) is 0 Å². The van der Waals surface area contributed by atoms with Gasteiger partial charge in [0.1, 0.15) is 5.76 Å². The average Bonchev–Trinajstić information content (AvgIpc) is 2.73. The predicted octanol–water partition coefficient (Wildman–Crippen LogP) is 3.66. The molecule has 2 N–H and O–H groups in total. The molecule has 0 unspecified atom stereocenters. The van der Waals surface area contributed by atoms with E-state index in [9.17, 15) is 4.79 Å². The van der Waals surface area contributed by atoms with Gasteiger partial charge in [0.2, 0.25) is 0 Å². The van der Waals surface area contributed by atoms with E-state index in [0.717, 1.165) is 17.0 Å². The van der Waals surface area contributed by atoms with E-state index in [2.05, 4.69) is 21.2 Å². The van der Waals surface area contributed by atoms with Crippen LogP contribution in [0.3, 0.4) is 0 Å². The summed E-state index contributed by atoms with van der Waals surface area (Å²) in [5.41, 5.74) is 2.08. The smallest absolute Gasteiger partial charge is 0.335 e. The highest BCUT2D eigenvalue weighted by Crippen LogP contribution is 2.19. The van der Waals surface area contributed by atoms with Crippen molar-refractivity contribution >= 4 is 27.6 Å². The van der Waals surface area contributed by atoms with Crippen molar-refractivity contribution in [3.05, 3.63) is 51.9 Å². The van der Waals surface area contributed by atoms with Gasteiger partial charge in [-0.2, -0.15) is 0 Å². The number of carboxylic acid groups (broad SMARTS) is 1. The molecule has 94 valence electrons. The summed E-state index contributed by atoms with van der Waals surface area (Å²) < 4.78 is 6.06. The molecule has 0 spiro atoms. The van der Waals surface area contributed by atoms with Crippen molar-refractivity contribution in [1.29, 1.82) is 0 Å². The molecule has 1 aromatic carbocycles. The van der Waals surface area contributed by atoms with Crippen LogP contribution in [-0.2, 0) is 6.54 Å². The molecular formula is C13H12BrNO3. The quantitative estimate of drug-likeness (QED) is 0.904. The van der Waals surface area contributed by atoms with Gasteiger partial charge in [0.15, 0.2) is 4.67 Å². The van der Waals surface area contributed by atoms with Gasteiger partial charge in [0, 0.05) is 5.69 Å². The van der Waals surface area contributed by atoms with Gasteiger partial charge < -0.3 is 14.8 Å². The molecule has 5 heteroatoms. The number of benzene rings is 1. The van der Waals surface area contributed by atoms with E-state index in [-0.39, 0.29) is 0 Å². The molecule has 1 aromatic heterocycles. The van der Waals surface area contributed by atoms with Crippen molar-refractivity contribution in [1.82, 2.24) is 0 Å². The van der Waals surface area contributed by atoms with E-state index in [1.54, 1.807) is 18.2 Å². The minimum Gasteiger partial charge on any atom is -0.478 e. The Morgan fingerprint density at radius 3 is 2.72 bits per heavy atom. The number of hydrogen-bond donors (Lipinski definition) is 2. The van der Waals surface area contributed by atoms with Crippen LogP contribution >= 0.6 is 15.9 Å². The molecule has 18 heavy (non-hydrogen) atoms. The molecule has 0 amide bonds. The molecule has 0 saturated carbocycles. The lowest BCUT2D eigenvalue weighted by Gasteiger charge is -2.08. The van der Waals surface area contributed by atoms with Crippen molar-refractivity contribution in [2.45, 2.75) is 13.5 Å². The molecule has 0 aliphatic rings. The molecule has 0 aliphatic heterocycles. The van der Waals surface area contributed by atoms with Crippen molar-refractivity contribution < 1.29 is 14.3 Å². The molecule has 2 rings (SSSR count). The minimum absolute atomic E-state index is 0.291. The molecule has 2 aromatic rings. The Hall–Kier alpha value is -1.75. The molecule has 0 saturated heterocycles. The van der Waals surface area contributed by atoms with Crippen LogP contribution in [0.5, 0.6) is 0 Å². The molecule has 0 atom stereocenters. The lowest BCUT2D eigenvalue weighted by molar-refractivity contribution is 0.0697. The summed E-state index contributed by atoms with van der Waals surface area (Å²) in [5.74, 6) is -0.108. The average molecular weight is 310 g/mol. The normalized spacial score (nSPS) is 10.3. The molecule has 0 aliphatic carbocycles.